The van der Waals surface area contributed by atoms with Crippen LogP contribution in [-0.4, -0.2) is 84.1 Å². The van der Waals surface area contributed by atoms with Crippen LogP contribution in [0.25, 0.3) is 0 Å². The number of ether oxygens (including phenoxy) is 4. The van der Waals surface area contributed by atoms with Crippen molar-refractivity contribution in [2.75, 3.05) is 67.3 Å². The minimum atomic E-state index is -0.173. The van der Waals surface area contributed by atoms with E-state index in [4.69, 9.17) is 18.9 Å². The Balaban J connectivity index is 0.00000512. The highest BCUT2D eigenvalue weighted by atomic mass is 127. The van der Waals surface area contributed by atoms with Gasteiger partial charge in [-0.2, -0.15) is 0 Å². The van der Waals surface area contributed by atoms with Gasteiger partial charge < -0.3 is 29.6 Å². The summed E-state index contributed by atoms with van der Waals surface area (Å²) in [5.41, 5.74) is 1.13. The lowest BCUT2D eigenvalue weighted by atomic mass is 10.0. The molecule has 0 aromatic heterocycles. The second-order valence-corrected chi connectivity index (χ2v) is 7.07. The lowest BCUT2D eigenvalue weighted by molar-refractivity contribution is -0.143. The van der Waals surface area contributed by atoms with E-state index in [2.05, 4.69) is 26.6 Å². The van der Waals surface area contributed by atoms with Crippen LogP contribution >= 0.6 is 24.0 Å². The fraction of sp³-hybridized carbons (Fsp3) is 0.636. The Hall–Kier alpha value is -1.79. The van der Waals surface area contributed by atoms with Crippen molar-refractivity contribution in [2.45, 2.75) is 25.8 Å². The number of guanidine groups is 1. The molecule has 0 saturated carbocycles. The zero-order chi connectivity index (χ0) is 22.5. The van der Waals surface area contributed by atoms with Crippen LogP contribution in [0.3, 0.4) is 0 Å². The first kappa shape index (κ1) is 28.2. The highest BCUT2D eigenvalue weighted by Gasteiger charge is 2.24. The van der Waals surface area contributed by atoms with Crippen molar-refractivity contribution in [1.29, 1.82) is 0 Å². The van der Waals surface area contributed by atoms with Gasteiger partial charge in [0.25, 0.3) is 0 Å². The number of carbonyl (C=O) groups is 1. The van der Waals surface area contributed by atoms with Gasteiger partial charge in [0, 0.05) is 39.6 Å². The molecule has 1 aliphatic rings. The molecule has 0 aliphatic carbocycles. The minimum Gasteiger partial charge on any atom is -0.493 e. The summed E-state index contributed by atoms with van der Waals surface area (Å²) in [7, 11) is 5.02. The van der Waals surface area contributed by atoms with Crippen LogP contribution in [0.5, 0.6) is 11.5 Å². The highest BCUT2D eigenvalue weighted by molar-refractivity contribution is 14.0. The van der Waals surface area contributed by atoms with Gasteiger partial charge in [-0.25, -0.2) is 0 Å². The molecule has 1 unspecified atom stereocenters. The monoisotopic (exact) mass is 564 g/mol. The molecule has 32 heavy (non-hydrogen) atoms. The molecule has 182 valence electrons. The van der Waals surface area contributed by atoms with Gasteiger partial charge in [0.2, 0.25) is 0 Å². The summed E-state index contributed by atoms with van der Waals surface area (Å²) >= 11 is 0. The summed E-state index contributed by atoms with van der Waals surface area (Å²) in [4.78, 5) is 18.2. The average molecular weight is 564 g/mol. The molecular weight excluding hydrogens is 527 g/mol. The fourth-order valence-corrected chi connectivity index (χ4v) is 3.49. The van der Waals surface area contributed by atoms with E-state index in [9.17, 15) is 4.79 Å². The Morgan fingerprint density at radius 1 is 1.19 bits per heavy atom. The van der Waals surface area contributed by atoms with Gasteiger partial charge in [-0.3, -0.25) is 14.7 Å². The third-order valence-electron chi connectivity index (χ3n) is 5.12. The molecule has 1 saturated heterocycles. The molecule has 1 aromatic rings. The van der Waals surface area contributed by atoms with Gasteiger partial charge in [0.15, 0.2) is 17.5 Å². The number of rotatable bonds is 11. The number of esters is 1. The van der Waals surface area contributed by atoms with E-state index in [1.165, 1.54) is 0 Å². The van der Waals surface area contributed by atoms with Crippen LogP contribution in [0.15, 0.2) is 23.2 Å². The molecule has 10 heteroatoms. The lowest BCUT2D eigenvalue weighted by Crippen LogP contribution is -2.46. The summed E-state index contributed by atoms with van der Waals surface area (Å²) in [6.07, 6.45) is 1.07. The number of hydrogen-bond acceptors (Lipinski definition) is 7. The van der Waals surface area contributed by atoms with E-state index >= 15 is 0 Å². The predicted octanol–water partition coefficient (Wildman–Crippen LogP) is 2.20. The quantitative estimate of drug-likeness (QED) is 0.139. The van der Waals surface area contributed by atoms with Gasteiger partial charge in [-0.15, -0.1) is 24.0 Å². The van der Waals surface area contributed by atoms with Crippen LogP contribution in [0.2, 0.25) is 0 Å². The first-order chi connectivity index (χ1) is 15.1. The number of aliphatic imine (C=N–C) groups is 1. The molecule has 2 N–H and O–H groups in total. The Morgan fingerprint density at radius 2 is 1.91 bits per heavy atom. The van der Waals surface area contributed by atoms with Gasteiger partial charge in [-0.05, 0) is 31.0 Å². The lowest BCUT2D eigenvalue weighted by Gasteiger charge is -2.35. The molecule has 1 fully saturated rings. The van der Waals surface area contributed by atoms with Crippen LogP contribution in [0.1, 0.15) is 31.4 Å². The molecular formula is C22H37IN4O5. The second-order valence-electron chi connectivity index (χ2n) is 7.07. The standard InChI is InChI=1S/C22H36N4O5.HI/c1-5-31-21(27)7-6-10-24-22(23-2)25-16-18(26-11-13-30-14-12-26)17-8-9-19(28-3)20(15-17)29-4;/h8-9,15,18H,5-7,10-14,16H2,1-4H3,(H2,23,24,25);1H. The van der Waals surface area contributed by atoms with Crippen LogP contribution < -0.4 is 20.1 Å². The summed E-state index contributed by atoms with van der Waals surface area (Å²) in [5, 5.41) is 6.67. The first-order valence-electron chi connectivity index (χ1n) is 10.8. The number of morpholine rings is 1. The molecule has 1 aromatic carbocycles. The Labute approximate surface area is 208 Å². The maximum atomic E-state index is 11.5. The number of carbonyl (C=O) groups excluding carboxylic acids is 1. The normalized spacial score (nSPS) is 15.3. The first-order valence-corrected chi connectivity index (χ1v) is 10.8. The molecule has 0 spiro atoms. The van der Waals surface area contributed by atoms with Crippen molar-refractivity contribution in [1.82, 2.24) is 15.5 Å². The van der Waals surface area contributed by atoms with Crippen LogP contribution in [-0.2, 0) is 14.3 Å². The van der Waals surface area contributed by atoms with Crippen LogP contribution in [0.4, 0.5) is 0 Å². The van der Waals surface area contributed by atoms with E-state index < -0.39 is 0 Å². The third-order valence-corrected chi connectivity index (χ3v) is 5.12. The number of nitrogens with zero attached hydrogens (tertiary/aromatic N) is 2. The predicted molar refractivity (Wildman–Crippen MR) is 135 cm³/mol. The van der Waals surface area contributed by atoms with E-state index in [-0.39, 0.29) is 36.0 Å². The van der Waals surface area contributed by atoms with E-state index in [1.807, 2.05) is 19.1 Å². The SMILES string of the molecule is CCOC(=O)CCCNC(=NC)NCC(c1ccc(OC)c(OC)c1)N1CCOCC1.I. The molecule has 0 bridgehead atoms. The zero-order valence-electron chi connectivity index (χ0n) is 19.5. The molecule has 0 amide bonds. The Kier molecular flexibility index (Phi) is 14.1. The summed E-state index contributed by atoms with van der Waals surface area (Å²) in [5.74, 6) is 1.94. The summed E-state index contributed by atoms with van der Waals surface area (Å²) in [6.45, 7) is 6.65. The number of halogens is 1. The van der Waals surface area contributed by atoms with E-state index in [1.54, 1.807) is 21.3 Å². The van der Waals surface area contributed by atoms with Gasteiger partial charge >= 0.3 is 5.97 Å². The molecule has 1 atom stereocenters. The van der Waals surface area contributed by atoms with Crippen molar-refractivity contribution < 1.29 is 23.7 Å². The van der Waals surface area contributed by atoms with Crippen molar-refractivity contribution in [2.24, 2.45) is 4.99 Å². The van der Waals surface area contributed by atoms with E-state index in [0.29, 0.717) is 63.2 Å². The number of benzene rings is 1. The van der Waals surface area contributed by atoms with Gasteiger partial charge in [0.1, 0.15) is 0 Å². The summed E-state index contributed by atoms with van der Waals surface area (Å²) < 4.78 is 21.4. The molecule has 9 nitrogen and oxygen atoms in total. The maximum Gasteiger partial charge on any atom is 0.305 e. The largest absolute Gasteiger partial charge is 0.493 e. The number of nitrogens with one attached hydrogen (secondary N) is 2. The van der Waals surface area contributed by atoms with Crippen molar-refractivity contribution in [3.8, 4) is 11.5 Å². The van der Waals surface area contributed by atoms with Gasteiger partial charge in [-0.1, -0.05) is 6.07 Å². The van der Waals surface area contributed by atoms with Crippen molar-refractivity contribution >= 4 is 35.9 Å². The smallest absolute Gasteiger partial charge is 0.305 e. The van der Waals surface area contributed by atoms with Crippen LogP contribution in [0, 0.1) is 0 Å². The molecule has 1 aliphatic heterocycles. The highest BCUT2D eigenvalue weighted by Crippen LogP contribution is 2.32. The third kappa shape index (κ3) is 8.99. The fourth-order valence-electron chi connectivity index (χ4n) is 3.49. The second kappa shape index (κ2) is 15.9. The minimum absolute atomic E-state index is 0. The van der Waals surface area contributed by atoms with Gasteiger partial charge in [0.05, 0.1) is 40.1 Å². The average Bonchev–Trinajstić information content (AvgIpc) is 2.81. The topological polar surface area (TPSA) is 93.7 Å². The van der Waals surface area contributed by atoms with Crippen molar-refractivity contribution in [3.05, 3.63) is 23.8 Å². The number of methoxy groups -OCH3 is 2. The molecule has 1 heterocycles. The zero-order valence-corrected chi connectivity index (χ0v) is 21.8. The Morgan fingerprint density at radius 3 is 2.53 bits per heavy atom. The molecule has 0 radical (unpaired) electrons. The maximum absolute atomic E-state index is 11.5. The van der Waals surface area contributed by atoms with E-state index in [0.717, 1.165) is 18.7 Å². The Bertz CT molecular complexity index is 714. The summed E-state index contributed by atoms with van der Waals surface area (Å²) in [6, 6.07) is 6.14. The van der Waals surface area contributed by atoms with Crippen molar-refractivity contribution in [3.63, 3.8) is 0 Å². The molecule has 2 rings (SSSR count). The number of hydrogen-bond donors (Lipinski definition) is 2.